The van der Waals surface area contributed by atoms with E-state index >= 15 is 0 Å². The Balaban J connectivity index is 2.28. The van der Waals surface area contributed by atoms with Gasteiger partial charge in [-0.05, 0) is 12.8 Å². The van der Waals surface area contributed by atoms with Crippen molar-refractivity contribution in [1.29, 1.82) is 0 Å². The third-order valence-corrected chi connectivity index (χ3v) is 2.45. The van der Waals surface area contributed by atoms with Gasteiger partial charge in [0.2, 0.25) is 0 Å². The molecule has 0 atom stereocenters. The van der Waals surface area contributed by atoms with Crippen LogP contribution < -0.4 is 0 Å². The van der Waals surface area contributed by atoms with E-state index in [4.69, 9.17) is 0 Å². The van der Waals surface area contributed by atoms with Crippen molar-refractivity contribution in [2.75, 3.05) is 0 Å². The number of halogens is 3. The van der Waals surface area contributed by atoms with Gasteiger partial charge in [0.15, 0.2) is 0 Å². The molecule has 2 rings (SSSR count). The van der Waals surface area contributed by atoms with Crippen molar-refractivity contribution in [3.05, 3.63) is 11.6 Å². The Kier molecular flexibility index (Phi) is 2.44. The highest BCUT2D eigenvalue weighted by Gasteiger charge is 2.35. The van der Waals surface area contributed by atoms with Gasteiger partial charge in [0.25, 0.3) is 0 Å². The number of rotatable bonds is 3. The van der Waals surface area contributed by atoms with E-state index in [1.165, 1.54) is 4.57 Å². The quantitative estimate of drug-likeness (QED) is 0.780. The first-order valence-electron chi connectivity index (χ1n) is 5.00. The highest BCUT2D eigenvalue weighted by atomic mass is 19.4. The molecule has 0 bridgehead atoms. The second-order valence-corrected chi connectivity index (χ2v) is 3.80. The summed E-state index contributed by atoms with van der Waals surface area (Å²) < 4.78 is 38.2. The van der Waals surface area contributed by atoms with Gasteiger partial charge in [-0.2, -0.15) is 13.2 Å². The second-order valence-electron chi connectivity index (χ2n) is 3.80. The largest absolute Gasteiger partial charge is 0.406 e. The van der Waals surface area contributed by atoms with E-state index in [9.17, 15) is 13.2 Å². The lowest BCUT2D eigenvalue weighted by molar-refractivity contribution is -0.141. The van der Waals surface area contributed by atoms with Crippen LogP contribution in [0.25, 0.3) is 0 Å². The highest BCUT2D eigenvalue weighted by Crippen LogP contribution is 2.39. The molecular weight excluding hydrogens is 207 g/mol. The minimum absolute atomic E-state index is 0.195. The number of aromatic nitrogens is 3. The van der Waals surface area contributed by atoms with Crippen molar-refractivity contribution in [3.63, 3.8) is 0 Å². The molecule has 0 unspecified atom stereocenters. The number of hydrogen-bond donors (Lipinski definition) is 0. The molecule has 0 saturated heterocycles. The molecule has 1 aromatic heterocycles. The van der Waals surface area contributed by atoms with Crippen molar-refractivity contribution in [1.82, 2.24) is 14.8 Å². The minimum atomic E-state index is -4.20. The Morgan fingerprint density at radius 3 is 2.47 bits per heavy atom. The molecule has 0 amide bonds. The van der Waals surface area contributed by atoms with Crippen LogP contribution >= 0.6 is 0 Å². The van der Waals surface area contributed by atoms with Gasteiger partial charge in [-0.1, -0.05) is 6.92 Å². The van der Waals surface area contributed by atoms with E-state index in [0.717, 1.165) is 12.8 Å². The van der Waals surface area contributed by atoms with E-state index in [2.05, 4.69) is 10.2 Å². The molecule has 1 heterocycles. The summed E-state index contributed by atoms with van der Waals surface area (Å²) in [6.07, 6.45) is -1.86. The molecule has 1 fully saturated rings. The third-order valence-electron chi connectivity index (χ3n) is 2.45. The van der Waals surface area contributed by atoms with Crippen molar-refractivity contribution in [3.8, 4) is 0 Å². The van der Waals surface area contributed by atoms with Gasteiger partial charge in [0.05, 0.1) is 0 Å². The van der Waals surface area contributed by atoms with Crippen molar-refractivity contribution < 1.29 is 13.2 Å². The monoisotopic (exact) mass is 219 g/mol. The fraction of sp³-hybridized carbons (Fsp3) is 0.778. The summed E-state index contributed by atoms with van der Waals surface area (Å²) >= 11 is 0. The van der Waals surface area contributed by atoms with Gasteiger partial charge < -0.3 is 4.57 Å². The highest BCUT2D eigenvalue weighted by molar-refractivity contribution is 5.08. The Morgan fingerprint density at radius 2 is 2.00 bits per heavy atom. The maximum absolute atomic E-state index is 12.3. The Labute approximate surface area is 85.3 Å². The minimum Gasteiger partial charge on any atom is -0.306 e. The van der Waals surface area contributed by atoms with Crippen molar-refractivity contribution in [2.24, 2.45) is 0 Å². The molecule has 0 N–H and O–H groups in total. The first-order valence-corrected chi connectivity index (χ1v) is 5.00. The number of hydrogen-bond acceptors (Lipinski definition) is 2. The number of aryl methyl sites for hydroxylation is 1. The Bertz CT molecular complexity index is 352. The summed E-state index contributed by atoms with van der Waals surface area (Å²) in [6.45, 7) is 0.822. The summed E-state index contributed by atoms with van der Waals surface area (Å²) in [5, 5.41) is 7.64. The van der Waals surface area contributed by atoms with Gasteiger partial charge in [0.1, 0.15) is 18.2 Å². The predicted octanol–water partition coefficient (Wildman–Crippen LogP) is 2.28. The van der Waals surface area contributed by atoms with E-state index in [1.54, 1.807) is 6.92 Å². The van der Waals surface area contributed by atoms with Gasteiger partial charge in [-0.25, -0.2) is 0 Å². The molecule has 1 saturated carbocycles. The van der Waals surface area contributed by atoms with Crippen LogP contribution in [-0.2, 0) is 13.0 Å². The lowest BCUT2D eigenvalue weighted by Gasteiger charge is -2.11. The third kappa shape index (κ3) is 2.30. The topological polar surface area (TPSA) is 30.7 Å². The molecule has 0 spiro atoms. The molecular formula is C9H12F3N3. The summed E-state index contributed by atoms with van der Waals surface area (Å²) in [5.41, 5.74) is 0. The Morgan fingerprint density at radius 1 is 1.33 bits per heavy atom. The van der Waals surface area contributed by atoms with Crippen LogP contribution in [0.4, 0.5) is 13.2 Å². The fourth-order valence-electron chi connectivity index (χ4n) is 1.61. The van der Waals surface area contributed by atoms with Gasteiger partial charge in [-0.3, -0.25) is 0 Å². The van der Waals surface area contributed by atoms with Gasteiger partial charge >= 0.3 is 6.18 Å². The molecule has 0 radical (unpaired) electrons. The molecule has 1 aliphatic rings. The normalized spacial score (nSPS) is 17.1. The molecule has 1 aromatic rings. The summed E-state index contributed by atoms with van der Waals surface area (Å²) in [7, 11) is 0. The lowest BCUT2D eigenvalue weighted by Crippen LogP contribution is -2.21. The maximum Gasteiger partial charge on any atom is 0.406 e. The van der Waals surface area contributed by atoms with Crippen LogP contribution in [0.2, 0.25) is 0 Å². The SMILES string of the molecule is CCc1nnc(C2CC2)n1CC(F)(F)F. The molecule has 84 valence electrons. The average Bonchev–Trinajstić information content (AvgIpc) is 2.87. The van der Waals surface area contributed by atoms with E-state index in [0.29, 0.717) is 18.1 Å². The maximum atomic E-state index is 12.3. The Hall–Kier alpha value is -1.07. The lowest BCUT2D eigenvalue weighted by atomic mass is 10.3. The van der Waals surface area contributed by atoms with Crippen LogP contribution in [0.5, 0.6) is 0 Å². The first-order chi connectivity index (χ1) is 7.01. The first kappa shape index (κ1) is 10.4. The molecule has 15 heavy (non-hydrogen) atoms. The zero-order valence-electron chi connectivity index (χ0n) is 8.38. The van der Waals surface area contributed by atoms with Crippen LogP contribution in [-0.4, -0.2) is 20.9 Å². The molecule has 1 aliphatic carbocycles. The van der Waals surface area contributed by atoms with Crippen LogP contribution in [0.15, 0.2) is 0 Å². The van der Waals surface area contributed by atoms with Crippen LogP contribution in [0, 0.1) is 0 Å². The van der Waals surface area contributed by atoms with Crippen LogP contribution in [0.3, 0.4) is 0 Å². The summed E-state index contributed by atoms with van der Waals surface area (Å²) in [5.74, 6) is 1.12. The van der Waals surface area contributed by atoms with Gasteiger partial charge in [0, 0.05) is 12.3 Å². The molecule has 6 heteroatoms. The van der Waals surface area contributed by atoms with Crippen LogP contribution in [0.1, 0.15) is 37.3 Å². The van der Waals surface area contributed by atoms with Crippen molar-refractivity contribution >= 4 is 0 Å². The number of alkyl halides is 3. The molecule has 0 aliphatic heterocycles. The average molecular weight is 219 g/mol. The molecule has 3 nitrogen and oxygen atoms in total. The standard InChI is InChI=1S/C9H12F3N3/c1-2-7-13-14-8(6-3-4-6)15(7)5-9(10,11)12/h6H,2-5H2,1H3. The fourth-order valence-corrected chi connectivity index (χ4v) is 1.61. The summed E-state index contributed by atoms with van der Waals surface area (Å²) in [6, 6.07) is 0. The molecule has 0 aromatic carbocycles. The zero-order chi connectivity index (χ0) is 11.1. The number of nitrogens with zero attached hydrogens (tertiary/aromatic N) is 3. The van der Waals surface area contributed by atoms with Gasteiger partial charge in [-0.15, -0.1) is 10.2 Å². The predicted molar refractivity (Wildman–Crippen MR) is 47.4 cm³/mol. The van der Waals surface area contributed by atoms with E-state index < -0.39 is 12.7 Å². The second kappa shape index (κ2) is 3.50. The van der Waals surface area contributed by atoms with Crippen molar-refractivity contribution in [2.45, 2.75) is 44.8 Å². The van der Waals surface area contributed by atoms with E-state index in [-0.39, 0.29) is 5.92 Å². The summed E-state index contributed by atoms with van der Waals surface area (Å²) in [4.78, 5) is 0. The zero-order valence-corrected chi connectivity index (χ0v) is 8.38. The van der Waals surface area contributed by atoms with E-state index in [1.807, 2.05) is 0 Å². The smallest absolute Gasteiger partial charge is 0.306 e.